The van der Waals surface area contributed by atoms with Crippen LogP contribution in [0.4, 0.5) is 5.69 Å². The van der Waals surface area contributed by atoms with Gasteiger partial charge in [-0.1, -0.05) is 24.3 Å². The minimum absolute atomic E-state index is 0.198. The number of carbonyl (C=O) groups is 2. The van der Waals surface area contributed by atoms with E-state index in [0.29, 0.717) is 12.1 Å². The zero-order chi connectivity index (χ0) is 20.8. The van der Waals surface area contributed by atoms with E-state index in [0.717, 1.165) is 27.6 Å². The van der Waals surface area contributed by atoms with Gasteiger partial charge >= 0.3 is 11.8 Å². The van der Waals surface area contributed by atoms with Gasteiger partial charge in [-0.2, -0.15) is 0 Å². The maximum atomic E-state index is 12.2. The first kappa shape index (κ1) is 20.5. The van der Waals surface area contributed by atoms with Crippen LogP contribution in [-0.4, -0.2) is 29.9 Å². The molecule has 1 atom stereocenters. The summed E-state index contributed by atoms with van der Waals surface area (Å²) in [7, 11) is 1.61. The number of carbonyl (C=O) groups excluding carboxylic acids is 2. The molecule has 0 spiro atoms. The van der Waals surface area contributed by atoms with E-state index in [-0.39, 0.29) is 6.04 Å². The van der Waals surface area contributed by atoms with Crippen LogP contribution < -0.4 is 15.4 Å². The van der Waals surface area contributed by atoms with Gasteiger partial charge in [0.2, 0.25) is 0 Å². The Morgan fingerprint density at radius 2 is 1.90 bits per heavy atom. The average molecular weight is 410 g/mol. The maximum Gasteiger partial charge on any atom is 0.313 e. The highest BCUT2D eigenvalue weighted by Crippen LogP contribution is 2.23. The van der Waals surface area contributed by atoms with Crippen molar-refractivity contribution in [3.8, 4) is 17.0 Å². The van der Waals surface area contributed by atoms with Crippen LogP contribution >= 0.6 is 11.3 Å². The van der Waals surface area contributed by atoms with E-state index in [4.69, 9.17) is 4.74 Å². The number of amides is 2. The fourth-order valence-corrected chi connectivity index (χ4v) is 3.52. The lowest BCUT2D eigenvalue weighted by atomic mass is 10.1. The third kappa shape index (κ3) is 5.65. The lowest BCUT2D eigenvalue weighted by Crippen LogP contribution is -2.41. The number of anilines is 1. The first-order valence-corrected chi connectivity index (χ1v) is 10.1. The molecule has 3 rings (SSSR count). The van der Waals surface area contributed by atoms with E-state index in [1.54, 1.807) is 30.6 Å². The lowest BCUT2D eigenvalue weighted by Gasteiger charge is -2.14. The van der Waals surface area contributed by atoms with Crippen LogP contribution in [0.2, 0.25) is 0 Å². The Morgan fingerprint density at radius 1 is 1.14 bits per heavy atom. The number of thiazole rings is 1. The molecule has 1 unspecified atom stereocenters. The zero-order valence-electron chi connectivity index (χ0n) is 16.6. The van der Waals surface area contributed by atoms with Gasteiger partial charge in [-0.05, 0) is 50.1 Å². The minimum Gasteiger partial charge on any atom is -0.497 e. The molecule has 0 bridgehead atoms. The van der Waals surface area contributed by atoms with E-state index in [1.165, 1.54) is 0 Å². The fraction of sp³-hybridized carbons (Fsp3) is 0.227. The number of hydrogen-bond acceptors (Lipinski definition) is 5. The van der Waals surface area contributed by atoms with E-state index in [9.17, 15) is 9.59 Å². The quantitative estimate of drug-likeness (QED) is 0.607. The normalized spacial score (nSPS) is 11.6. The number of methoxy groups -OCH3 is 1. The molecular weight excluding hydrogens is 386 g/mol. The highest BCUT2D eigenvalue weighted by Gasteiger charge is 2.17. The summed E-state index contributed by atoms with van der Waals surface area (Å²) < 4.78 is 5.21. The highest BCUT2D eigenvalue weighted by molar-refractivity contribution is 7.09. The standard InChI is InChI=1S/C22H23N3O3S/c1-14(11-16-5-4-6-19(12-16)28-3)23-21(26)22(27)25-18-9-7-17(8-10-18)20-13-29-15(2)24-20/h4-10,12-14H,11H2,1-3H3,(H,23,26)(H,25,27). The third-order valence-electron chi connectivity index (χ3n) is 4.32. The van der Waals surface area contributed by atoms with Crippen LogP contribution in [0, 0.1) is 6.92 Å². The van der Waals surface area contributed by atoms with Crippen molar-refractivity contribution in [1.29, 1.82) is 0 Å². The summed E-state index contributed by atoms with van der Waals surface area (Å²) in [4.78, 5) is 28.8. The first-order chi connectivity index (χ1) is 13.9. The molecule has 0 aliphatic rings. The van der Waals surface area contributed by atoms with Crippen LogP contribution in [0.25, 0.3) is 11.3 Å². The van der Waals surface area contributed by atoms with Crippen LogP contribution in [0.5, 0.6) is 5.75 Å². The van der Waals surface area contributed by atoms with Gasteiger partial charge in [0.1, 0.15) is 5.75 Å². The predicted octanol–water partition coefficient (Wildman–Crippen LogP) is 3.81. The van der Waals surface area contributed by atoms with Crippen molar-refractivity contribution >= 4 is 28.8 Å². The summed E-state index contributed by atoms with van der Waals surface area (Å²) in [6, 6.07) is 14.7. The third-order valence-corrected chi connectivity index (χ3v) is 5.09. The number of benzene rings is 2. The summed E-state index contributed by atoms with van der Waals surface area (Å²) >= 11 is 1.59. The Labute approximate surface area is 173 Å². The first-order valence-electron chi connectivity index (χ1n) is 9.22. The van der Waals surface area contributed by atoms with Crippen molar-refractivity contribution in [3.05, 3.63) is 64.5 Å². The lowest BCUT2D eigenvalue weighted by molar-refractivity contribution is -0.136. The topological polar surface area (TPSA) is 80.3 Å². The molecule has 1 aromatic heterocycles. The van der Waals surface area contributed by atoms with Crippen molar-refractivity contribution in [2.75, 3.05) is 12.4 Å². The van der Waals surface area contributed by atoms with Crippen LogP contribution in [0.15, 0.2) is 53.9 Å². The Hall–Kier alpha value is -3.19. The summed E-state index contributed by atoms with van der Waals surface area (Å²) in [6.45, 7) is 3.81. The van der Waals surface area contributed by atoms with Crippen molar-refractivity contribution in [2.24, 2.45) is 0 Å². The van der Waals surface area contributed by atoms with Gasteiger partial charge in [0.15, 0.2) is 0 Å². The minimum atomic E-state index is -0.695. The number of nitrogens with zero attached hydrogens (tertiary/aromatic N) is 1. The Kier molecular flexibility index (Phi) is 6.61. The molecule has 6 nitrogen and oxygen atoms in total. The van der Waals surface area contributed by atoms with E-state index in [1.807, 2.05) is 55.6 Å². The SMILES string of the molecule is COc1cccc(CC(C)NC(=O)C(=O)Nc2ccc(-c3csc(C)n3)cc2)c1. The molecule has 2 amide bonds. The van der Waals surface area contributed by atoms with Crippen molar-refractivity contribution in [1.82, 2.24) is 10.3 Å². The number of nitrogens with one attached hydrogen (secondary N) is 2. The largest absolute Gasteiger partial charge is 0.497 e. The second kappa shape index (κ2) is 9.34. The average Bonchev–Trinajstić information content (AvgIpc) is 3.14. The van der Waals surface area contributed by atoms with E-state index in [2.05, 4.69) is 15.6 Å². The molecule has 3 aromatic rings. The van der Waals surface area contributed by atoms with Crippen LogP contribution in [-0.2, 0) is 16.0 Å². The number of aromatic nitrogens is 1. The summed E-state index contributed by atoms with van der Waals surface area (Å²) in [5.41, 5.74) is 3.44. The number of rotatable bonds is 6. The Balaban J connectivity index is 1.53. The molecule has 2 N–H and O–H groups in total. The van der Waals surface area contributed by atoms with Gasteiger partial charge in [0, 0.05) is 22.7 Å². The van der Waals surface area contributed by atoms with E-state index < -0.39 is 11.8 Å². The molecule has 0 saturated carbocycles. The van der Waals surface area contributed by atoms with Gasteiger partial charge in [0.05, 0.1) is 17.8 Å². The monoisotopic (exact) mass is 409 g/mol. The molecule has 29 heavy (non-hydrogen) atoms. The van der Waals surface area contributed by atoms with Gasteiger partial charge in [-0.3, -0.25) is 9.59 Å². The van der Waals surface area contributed by atoms with Crippen molar-refractivity contribution in [3.63, 3.8) is 0 Å². The number of hydrogen-bond donors (Lipinski definition) is 2. The van der Waals surface area contributed by atoms with Gasteiger partial charge < -0.3 is 15.4 Å². The maximum absolute atomic E-state index is 12.2. The molecule has 150 valence electrons. The fourth-order valence-electron chi connectivity index (χ4n) is 2.90. The molecule has 0 saturated heterocycles. The Bertz CT molecular complexity index is 999. The molecule has 1 heterocycles. The second-order valence-corrected chi connectivity index (χ2v) is 7.78. The summed E-state index contributed by atoms with van der Waals surface area (Å²) in [5.74, 6) is -0.602. The molecular formula is C22H23N3O3S. The van der Waals surface area contributed by atoms with Crippen LogP contribution in [0.1, 0.15) is 17.5 Å². The molecule has 0 fully saturated rings. The highest BCUT2D eigenvalue weighted by atomic mass is 32.1. The second-order valence-electron chi connectivity index (χ2n) is 6.71. The molecule has 2 aromatic carbocycles. The number of aryl methyl sites for hydroxylation is 1. The molecule has 0 aliphatic heterocycles. The number of ether oxygens (including phenoxy) is 1. The van der Waals surface area contributed by atoms with Crippen molar-refractivity contribution in [2.45, 2.75) is 26.3 Å². The Morgan fingerprint density at radius 3 is 2.55 bits per heavy atom. The van der Waals surface area contributed by atoms with Gasteiger partial charge in [-0.25, -0.2) is 4.98 Å². The molecule has 0 aliphatic carbocycles. The van der Waals surface area contributed by atoms with Gasteiger partial charge in [0.25, 0.3) is 0 Å². The smallest absolute Gasteiger partial charge is 0.313 e. The van der Waals surface area contributed by atoms with Gasteiger partial charge in [-0.15, -0.1) is 11.3 Å². The summed E-state index contributed by atoms with van der Waals surface area (Å²) in [6.07, 6.45) is 0.595. The predicted molar refractivity (Wildman–Crippen MR) is 115 cm³/mol. The van der Waals surface area contributed by atoms with Crippen molar-refractivity contribution < 1.29 is 14.3 Å². The summed E-state index contributed by atoms with van der Waals surface area (Å²) in [5, 5.41) is 8.33. The van der Waals surface area contributed by atoms with Crippen LogP contribution in [0.3, 0.4) is 0 Å². The molecule has 0 radical (unpaired) electrons. The molecule has 7 heteroatoms. The zero-order valence-corrected chi connectivity index (χ0v) is 17.4. The van der Waals surface area contributed by atoms with E-state index >= 15 is 0 Å².